The molecule has 0 saturated carbocycles. The van der Waals surface area contributed by atoms with Crippen LogP contribution in [0, 0.1) is 6.92 Å². The SMILES string of the molecule is Cc1nc2c(O)n(-c3ccccc3)cc2c(-c2ccc(Cl)cc2Cl)c1CO. The number of fused-ring (bicyclic) bond motifs is 1. The number of aliphatic hydroxyl groups excluding tert-OH is 1. The molecule has 2 heterocycles. The zero-order chi connectivity index (χ0) is 19.1. The van der Waals surface area contributed by atoms with Gasteiger partial charge in [0.25, 0.3) is 0 Å². The maximum absolute atomic E-state index is 10.8. The summed E-state index contributed by atoms with van der Waals surface area (Å²) >= 11 is 12.5. The normalized spacial score (nSPS) is 11.3. The van der Waals surface area contributed by atoms with Crippen LogP contribution < -0.4 is 0 Å². The molecule has 27 heavy (non-hydrogen) atoms. The van der Waals surface area contributed by atoms with Crippen molar-refractivity contribution < 1.29 is 10.2 Å². The zero-order valence-electron chi connectivity index (χ0n) is 14.4. The van der Waals surface area contributed by atoms with Crippen molar-refractivity contribution in [2.24, 2.45) is 0 Å². The topological polar surface area (TPSA) is 58.3 Å². The molecular weight excluding hydrogens is 383 g/mol. The molecule has 0 amide bonds. The van der Waals surface area contributed by atoms with Crippen LogP contribution >= 0.6 is 23.2 Å². The van der Waals surface area contributed by atoms with Gasteiger partial charge in [-0.3, -0.25) is 4.57 Å². The molecule has 0 aliphatic heterocycles. The van der Waals surface area contributed by atoms with E-state index in [2.05, 4.69) is 4.98 Å². The van der Waals surface area contributed by atoms with Crippen molar-refractivity contribution >= 4 is 34.1 Å². The van der Waals surface area contributed by atoms with Crippen molar-refractivity contribution in [1.29, 1.82) is 0 Å². The van der Waals surface area contributed by atoms with Crippen LogP contribution in [-0.2, 0) is 6.61 Å². The largest absolute Gasteiger partial charge is 0.493 e. The summed E-state index contributed by atoms with van der Waals surface area (Å²) in [6.45, 7) is 1.61. The average molecular weight is 399 g/mol. The van der Waals surface area contributed by atoms with Crippen LogP contribution in [0.3, 0.4) is 0 Å². The molecule has 2 aromatic carbocycles. The fraction of sp³-hybridized carbons (Fsp3) is 0.0952. The summed E-state index contributed by atoms with van der Waals surface area (Å²) in [5.74, 6) is 0.0372. The zero-order valence-corrected chi connectivity index (χ0v) is 16.0. The first-order chi connectivity index (χ1) is 13.0. The number of nitrogens with zero attached hydrogens (tertiary/aromatic N) is 2. The predicted molar refractivity (Wildman–Crippen MR) is 109 cm³/mol. The van der Waals surface area contributed by atoms with Gasteiger partial charge in [0.1, 0.15) is 5.52 Å². The first-order valence-corrected chi connectivity index (χ1v) is 9.12. The van der Waals surface area contributed by atoms with Crippen LogP contribution in [0.25, 0.3) is 27.7 Å². The maximum atomic E-state index is 10.8. The molecule has 4 nitrogen and oxygen atoms in total. The maximum Gasteiger partial charge on any atom is 0.223 e. The van der Waals surface area contributed by atoms with Gasteiger partial charge < -0.3 is 10.2 Å². The molecule has 0 bridgehead atoms. The first-order valence-electron chi connectivity index (χ1n) is 8.36. The van der Waals surface area contributed by atoms with Crippen molar-refractivity contribution in [2.45, 2.75) is 13.5 Å². The van der Waals surface area contributed by atoms with Crippen molar-refractivity contribution in [3.05, 3.63) is 76.0 Å². The number of aryl methyl sites for hydroxylation is 1. The molecule has 0 fully saturated rings. The van der Waals surface area contributed by atoms with Gasteiger partial charge in [0.2, 0.25) is 5.88 Å². The lowest BCUT2D eigenvalue weighted by atomic mass is 9.96. The number of rotatable bonds is 3. The van der Waals surface area contributed by atoms with E-state index in [0.717, 1.165) is 16.8 Å². The summed E-state index contributed by atoms with van der Waals surface area (Å²) in [5.41, 5.74) is 4.03. The van der Waals surface area contributed by atoms with Crippen molar-refractivity contribution in [3.8, 4) is 22.7 Å². The summed E-state index contributed by atoms with van der Waals surface area (Å²) in [7, 11) is 0. The van der Waals surface area contributed by atoms with Gasteiger partial charge in [0.05, 0.1) is 6.61 Å². The molecular formula is C21H16Cl2N2O2. The Kier molecular flexibility index (Phi) is 4.56. The van der Waals surface area contributed by atoms with E-state index in [-0.39, 0.29) is 12.5 Å². The Hall–Kier alpha value is -2.53. The Morgan fingerprint density at radius 3 is 2.48 bits per heavy atom. The van der Waals surface area contributed by atoms with E-state index < -0.39 is 0 Å². The number of pyridine rings is 1. The summed E-state index contributed by atoms with van der Waals surface area (Å²) < 4.78 is 1.67. The lowest BCUT2D eigenvalue weighted by Gasteiger charge is -2.13. The van der Waals surface area contributed by atoms with E-state index in [1.807, 2.05) is 42.6 Å². The van der Waals surface area contributed by atoms with E-state index in [9.17, 15) is 10.2 Å². The number of halogens is 2. The number of para-hydroxylation sites is 1. The molecule has 4 aromatic rings. The highest BCUT2D eigenvalue weighted by molar-refractivity contribution is 6.36. The van der Waals surface area contributed by atoms with Crippen LogP contribution in [-0.4, -0.2) is 19.8 Å². The highest BCUT2D eigenvalue weighted by atomic mass is 35.5. The number of aliphatic hydroxyl groups is 1. The number of benzene rings is 2. The molecule has 2 N–H and O–H groups in total. The molecule has 4 rings (SSSR count). The molecule has 6 heteroatoms. The number of hydrogen-bond acceptors (Lipinski definition) is 3. The third-order valence-corrected chi connectivity index (χ3v) is 5.18. The molecule has 0 atom stereocenters. The molecule has 2 aromatic heterocycles. The molecule has 0 unspecified atom stereocenters. The molecule has 0 saturated heterocycles. The van der Waals surface area contributed by atoms with E-state index in [1.165, 1.54) is 0 Å². The van der Waals surface area contributed by atoms with Gasteiger partial charge in [-0.15, -0.1) is 0 Å². The van der Waals surface area contributed by atoms with Crippen LogP contribution in [0.2, 0.25) is 10.0 Å². The van der Waals surface area contributed by atoms with Gasteiger partial charge in [0.15, 0.2) is 0 Å². The van der Waals surface area contributed by atoms with E-state index >= 15 is 0 Å². The second-order valence-electron chi connectivity index (χ2n) is 6.25. The third-order valence-electron chi connectivity index (χ3n) is 4.63. The number of aromatic nitrogens is 2. The Bertz CT molecular complexity index is 1150. The monoisotopic (exact) mass is 398 g/mol. The quantitative estimate of drug-likeness (QED) is 0.478. The lowest BCUT2D eigenvalue weighted by Crippen LogP contribution is -1.98. The Balaban J connectivity index is 2.10. The summed E-state index contributed by atoms with van der Waals surface area (Å²) in [5, 5.41) is 22.5. The summed E-state index contributed by atoms with van der Waals surface area (Å²) in [4.78, 5) is 4.53. The summed E-state index contributed by atoms with van der Waals surface area (Å²) in [6.07, 6.45) is 1.81. The number of aromatic hydroxyl groups is 1. The van der Waals surface area contributed by atoms with Gasteiger partial charge in [-0.2, -0.15) is 0 Å². The minimum Gasteiger partial charge on any atom is -0.493 e. The van der Waals surface area contributed by atoms with Crippen LogP contribution in [0.15, 0.2) is 54.7 Å². The second kappa shape index (κ2) is 6.89. The van der Waals surface area contributed by atoms with E-state index in [1.54, 1.807) is 23.6 Å². The third kappa shape index (κ3) is 2.96. The minimum atomic E-state index is -0.194. The molecule has 0 radical (unpaired) electrons. The standard InChI is InChI=1S/C21H16Cl2N2O2/c1-12-17(11-26)19(15-8-7-13(22)9-18(15)23)16-10-25(21(27)20(16)24-12)14-5-3-2-4-6-14/h2-10,26-27H,11H2,1H3. The Morgan fingerprint density at radius 1 is 1.07 bits per heavy atom. The highest BCUT2D eigenvalue weighted by Gasteiger charge is 2.21. The van der Waals surface area contributed by atoms with Crippen molar-refractivity contribution in [3.63, 3.8) is 0 Å². The first kappa shape index (κ1) is 17.9. The van der Waals surface area contributed by atoms with Gasteiger partial charge in [0, 0.05) is 49.7 Å². The molecule has 0 spiro atoms. The Labute approximate surface area is 166 Å². The van der Waals surface area contributed by atoms with Crippen LogP contribution in [0.4, 0.5) is 0 Å². The minimum absolute atomic E-state index is 0.0372. The van der Waals surface area contributed by atoms with Crippen molar-refractivity contribution in [1.82, 2.24) is 9.55 Å². The molecule has 0 aliphatic carbocycles. The van der Waals surface area contributed by atoms with Gasteiger partial charge in [-0.05, 0) is 31.2 Å². The van der Waals surface area contributed by atoms with Gasteiger partial charge in [-0.25, -0.2) is 4.98 Å². The predicted octanol–water partition coefficient (Wildman–Crippen LogP) is 5.51. The van der Waals surface area contributed by atoms with Crippen LogP contribution in [0.5, 0.6) is 5.88 Å². The van der Waals surface area contributed by atoms with E-state index in [0.29, 0.717) is 32.2 Å². The van der Waals surface area contributed by atoms with Gasteiger partial charge >= 0.3 is 0 Å². The fourth-order valence-corrected chi connectivity index (χ4v) is 3.84. The number of hydrogen-bond donors (Lipinski definition) is 2. The van der Waals surface area contributed by atoms with Crippen LogP contribution in [0.1, 0.15) is 11.3 Å². The molecule has 136 valence electrons. The Morgan fingerprint density at radius 2 is 1.81 bits per heavy atom. The molecule has 0 aliphatic rings. The average Bonchev–Trinajstić information content (AvgIpc) is 2.98. The smallest absolute Gasteiger partial charge is 0.223 e. The highest BCUT2D eigenvalue weighted by Crippen LogP contribution is 2.41. The lowest BCUT2D eigenvalue weighted by molar-refractivity contribution is 0.281. The fourth-order valence-electron chi connectivity index (χ4n) is 3.34. The van der Waals surface area contributed by atoms with E-state index in [4.69, 9.17) is 23.2 Å². The summed E-state index contributed by atoms with van der Waals surface area (Å²) in [6, 6.07) is 14.7. The van der Waals surface area contributed by atoms with Gasteiger partial charge in [-0.1, -0.05) is 47.5 Å². The second-order valence-corrected chi connectivity index (χ2v) is 7.10. The van der Waals surface area contributed by atoms with Crippen molar-refractivity contribution in [2.75, 3.05) is 0 Å².